The van der Waals surface area contributed by atoms with E-state index in [1.165, 1.54) is 6.21 Å². The van der Waals surface area contributed by atoms with E-state index < -0.39 is 6.04 Å². The molecule has 0 saturated carbocycles. The number of aromatic hydroxyl groups is 1. The SMILES string of the molecule is C=CCc1cccc(/C=N\NC(=O)[C@@H](C)Nc2ccccc2OC)c1O. The summed E-state index contributed by atoms with van der Waals surface area (Å²) in [7, 11) is 1.57. The summed E-state index contributed by atoms with van der Waals surface area (Å²) in [6.07, 6.45) is 3.68. The molecule has 0 saturated heterocycles. The van der Waals surface area contributed by atoms with Gasteiger partial charge in [-0.3, -0.25) is 4.79 Å². The van der Waals surface area contributed by atoms with Gasteiger partial charge in [0.25, 0.3) is 5.91 Å². The summed E-state index contributed by atoms with van der Waals surface area (Å²) >= 11 is 0. The number of allylic oxidation sites excluding steroid dienone is 1. The Morgan fingerprint density at radius 1 is 1.31 bits per heavy atom. The molecule has 0 spiro atoms. The standard InChI is InChI=1S/C20H23N3O3/c1-4-8-15-9-7-10-16(19(15)24)13-21-23-20(25)14(2)22-17-11-5-6-12-18(17)26-3/h4-7,9-14,22,24H,1,8H2,2-3H3,(H,23,25)/b21-13-/t14-/m1/s1. The molecule has 0 aliphatic heterocycles. The van der Waals surface area contributed by atoms with Gasteiger partial charge in [-0.1, -0.05) is 30.3 Å². The van der Waals surface area contributed by atoms with Crippen LogP contribution in [0.15, 0.2) is 60.2 Å². The normalized spacial score (nSPS) is 11.8. The molecule has 0 aliphatic carbocycles. The Morgan fingerprint density at radius 2 is 2.08 bits per heavy atom. The minimum Gasteiger partial charge on any atom is -0.507 e. The first-order valence-corrected chi connectivity index (χ1v) is 8.21. The molecule has 0 aliphatic rings. The Balaban J connectivity index is 1.98. The van der Waals surface area contributed by atoms with Gasteiger partial charge in [0.15, 0.2) is 0 Å². The molecule has 6 heteroatoms. The van der Waals surface area contributed by atoms with E-state index in [1.807, 2.05) is 36.4 Å². The van der Waals surface area contributed by atoms with Crippen LogP contribution in [0.3, 0.4) is 0 Å². The largest absolute Gasteiger partial charge is 0.507 e. The average Bonchev–Trinajstić information content (AvgIpc) is 2.65. The second kappa shape index (κ2) is 9.27. The van der Waals surface area contributed by atoms with E-state index in [4.69, 9.17) is 4.74 Å². The predicted octanol–water partition coefficient (Wildman–Crippen LogP) is 3.08. The number of amides is 1. The van der Waals surface area contributed by atoms with Crippen LogP contribution in [-0.2, 0) is 11.2 Å². The van der Waals surface area contributed by atoms with Crippen LogP contribution in [0.2, 0.25) is 0 Å². The van der Waals surface area contributed by atoms with Crippen molar-refractivity contribution < 1.29 is 14.6 Å². The number of anilines is 1. The monoisotopic (exact) mass is 353 g/mol. The summed E-state index contributed by atoms with van der Waals surface area (Å²) in [5.74, 6) is 0.471. The fourth-order valence-corrected chi connectivity index (χ4v) is 2.36. The summed E-state index contributed by atoms with van der Waals surface area (Å²) in [6.45, 7) is 5.38. The van der Waals surface area contributed by atoms with Crippen LogP contribution in [0.25, 0.3) is 0 Å². The number of rotatable bonds is 8. The van der Waals surface area contributed by atoms with Crippen molar-refractivity contribution in [1.29, 1.82) is 0 Å². The Kier molecular flexibility index (Phi) is 6.79. The molecule has 0 fully saturated rings. The van der Waals surface area contributed by atoms with E-state index in [0.717, 1.165) is 11.3 Å². The van der Waals surface area contributed by atoms with Crippen LogP contribution in [0.4, 0.5) is 5.69 Å². The average molecular weight is 353 g/mol. The number of hydrazone groups is 1. The Labute approximate surface area is 153 Å². The number of para-hydroxylation sites is 3. The maximum absolute atomic E-state index is 12.2. The zero-order valence-electron chi connectivity index (χ0n) is 14.9. The van der Waals surface area contributed by atoms with Crippen LogP contribution in [0.5, 0.6) is 11.5 Å². The molecule has 2 aromatic carbocycles. The van der Waals surface area contributed by atoms with Crippen LogP contribution in [-0.4, -0.2) is 30.4 Å². The lowest BCUT2D eigenvalue weighted by Gasteiger charge is -2.15. The number of ether oxygens (including phenoxy) is 1. The number of phenols is 1. The van der Waals surface area contributed by atoms with E-state index >= 15 is 0 Å². The Morgan fingerprint density at radius 3 is 2.81 bits per heavy atom. The third-order valence-corrected chi connectivity index (χ3v) is 3.77. The summed E-state index contributed by atoms with van der Waals surface area (Å²) in [6, 6.07) is 12.2. The summed E-state index contributed by atoms with van der Waals surface area (Å²) in [5, 5.41) is 17.2. The van der Waals surface area contributed by atoms with Gasteiger partial charge in [-0.05, 0) is 37.1 Å². The maximum atomic E-state index is 12.2. The van der Waals surface area contributed by atoms with E-state index in [1.54, 1.807) is 26.2 Å². The van der Waals surface area contributed by atoms with Crippen molar-refractivity contribution in [2.24, 2.45) is 5.10 Å². The molecule has 0 unspecified atom stereocenters. The first-order chi connectivity index (χ1) is 12.6. The third-order valence-electron chi connectivity index (χ3n) is 3.77. The number of carbonyl (C=O) groups is 1. The highest BCUT2D eigenvalue weighted by Crippen LogP contribution is 2.24. The van der Waals surface area contributed by atoms with Crippen molar-refractivity contribution in [2.75, 3.05) is 12.4 Å². The van der Waals surface area contributed by atoms with Gasteiger partial charge in [-0.25, -0.2) is 5.43 Å². The van der Waals surface area contributed by atoms with Gasteiger partial charge in [0.05, 0.1) is 19.0 Å². The number of methoxy groups -OCH3 is 1. The van der Waals surface area contributed by atoms with E-state index in [0.29, 0.717) is 17.7 Å². The Hall–Kier alpha value is -3.28. The number of phenolic OH excluding ortho intramolecular Hbond substituents is 1. The zero-order chi connectivity index (χ0) is 18.9. The lowest BCUT2D eigenvalue weighted by atomic mass is 10.1. The summed E-state index contributed by atoms with van der Waals surface area (Å²) < 4.78 is 5.25. The fraction of sp³-hybridized carbons (Fsp3) is 0.200. The first kappa shape index (κ1) is 19.1. The van der Waals surface area contributed by atoms with E-state index in [2.05, 4.69) is 22.4 Å². The summed E-state index contributed by atoms with van der Waals surface area (Å²) in [4.78, 5) is 12.2. The van der Waals surface area contributed by atoms with Crippen molar-refractivity contribution in [3.05, 3.63) is 66.2 Å². The van der Waals surface area contributed by atoms with E-state index in [9.17, 15) is 9.90 Å². The highest BCUT2D eigenvalue weighted by atomic mass is 16.5. The molecule has 2 aromatic rings. The highest BCUT2D eigenvalue weighted by Gasteiger charge is 2.13. The quantitative estimate of drug-likeness (QED) is 0.387. The second-order valence-corrected chi connectivity index (χ2v) is 5.65. The van der Waals surface area contributed by atoms with Crippen LogP contribution in [0.1, 0.15) is 18.1 Å². The van der Waals surface area contributed by atoms with Crippen molar-refractivity contribution in [2.45, 2.75) is 19.4 Å². The van der Waals surface area contributed by atoms with Gasteiger partial charge < -0.3 is 15.2 Å². The van der Waals surface area contributed by atoms with Gasteiger partial charge in [0.2, 0.25) is 0 Å². The van der Waals surface area contributed by atoms with Gasteiger partial charge in [0, 0.05) is 5.56 Å². The fourth-order valence-electron chi connectivity index (χ4n) is 2.36. The minimum atomic E-state index is -0.524. The smallest absolute Gasteiger partial charge is 0.262 e. The number of nitrogens with one attached hydrogen (secondary N) is 2. The molecular formula is C20H23N3O3. The van der Waals surface area contributed by atoms with Gasteiger partial charge in [-0.15, -0.1) is 6.58 Å². The van der Waals surface area contributed by atoms with Crippen LogP contribution < -0.4 is 15.5 Å². The number of hydrogen-bond acceptors (Lipinski definition) is 5. The minimum absolute atomic E-state index is 0.130. The highest BCUT2D eigenvalue weighted by molar-refractivity contribution is 5.88. The lowest BCUT2D eigenvalue weighted by molar-refractivity contribution is -0.121. The topological polar surface area (TPSA) is 83.0 Å². The molecule has 1 atom stereocenters. The molecule has 0 aromatic heterocycles. The molecule has 26 heavy (non-hydrogen) atoms. The van der Waals surface area contributed by atoms with Crippen molar-refractivity contribution in [3.63, 3.8) is 0 Å². The molecular weight excluding hydrogens is 330 g/mol. The van der Waals surface area contributed by atoms with Gasteiger partial charge >= 0.3 is 0 Å². The van der Waals surface area contributed by atoms with Crippen molar-refractivity contribution >= 4 is 17.8 Å². The van der Waals surface area contributed by atoms with Crippen LogP contribution >= 0.6 is 0 Å². The number of nitrogens with zero attached hydrogens (tertiary/aromatic N) is 1. The van der Waals surface area contributed by atoms with E-state index in [-0.39, 0.29) is 11.7 Å². The predicted molar refractivity (Wildman–Crippen MR) is 104 cm³/mol. The van der Waals surface area contributed by atoms with Crippen molar-refractivity contribution in [3.8, 4) is 11.5 Å². The molecule has 0 radical (unpaired) electrons. The van der Waals surface area contributed by atoms with Crippen molar-refractivity contribution in [1.82, 2.24) is 5.43 Å². The van der Waals surface area contributed by atoms with Gasteiger partial charge in [-0.2, -0.15) is 5.10 Å². The maximum Gasteiger partial charge on any atom is 0.262 e. The molecule has 2 rings (SSSR count). The molecule has 1 amide bonds. The lowest BCUT2D eigenvalue weighted by Crippen LogP contribution is -2.35. The number of benzene rings is 2. The van der Waals surface area contributed by atoms with Crippen LogP contribution in [0, 0.1) is 0 Å². The molecule has 0 bridgehead atoms. The van der Waals surface area contributed by atoms with Gasteiger partial charge in [0.1, 0.15) is 17.5 Å². The zero-order valence-corrected chi connectivity index (χ0v) is 14.9. The third kappa shape index (κ3) is 4.86. The second-order valence-electron chi connectivity index (χ2n) is 5.65. The molecule has 136 valence electrons. The molecule has 3 N–H and O–H groups in total. The summed E-state index contributed by atoms with van der Waals surface area (Å²) in [5.41, 5.74) is 4.46. The molecule has 6 nitrogen and oxygen atoms in total. The Bertz CT molecular complexity index is 803. The number of carbonyl (C=O) groups excluding carboxylic acids is 1. The molecule has 0 heterocycles. The number of hydrogen-bond donors (Lipinski definition) is 3. The first-order valence-electron chi connectivity index (χ1n) is 8.21.